The lowest BCUT2D eigenvalue weighted by Crippen LogP contribution is -2.24. The van der Waals surface area contributed by atoms with Crippen LogP contribution in [0.2, 0.25) is 0 Å². The summed E-state index contributed by atoms with van der Waals surface area (Å²) in [5, 5.41) is 7.38. The predicted molar refractivity (Wildman–Crippen MR) is 113 cm³/mol. The number of nitrogens with zero attached hydrogens (tertiary/aromatic N) is 4. The van der Waals surface area contributed by atoms with Gasteiger partial charge in [0.15, 0.2) is 0 Å². The van der Waals surface area contributed by atoms with Gasteiger partial charge in [-0.3, -0.25) is 14.8 Å². The molecule has 1 N–H and O–H groups in total. The van der Waals surface area contributed by atoms with E-state index in [1.165, 1.54) is 4.68 Å². The van der Waals surface area contributed by atoms with Gasteiger partial charge in [0.1, 0.15) is 11.4 Å². The van der Waals surface area contributed by atoms with Gasteiger partial charge in [0.2, 0.25) is 5.88 Å². The van der Waals surface area contributed by atoms with E-state index < -0.39 is 0 Å². The number of methoxy groups -OCH3 is 1. The number of hydrogen-bond acceptors (Lipinski definition) is 7. The van der Waals surface area contributed by atoms with Crippen LogP contribution in [0.5, 0.6) is 11.6 Å². The molecule has 0 radical (unpaired) electrons. The van der Waals surface area contributed by atoms with Crippen molar-refractivity contribution in [1.29, 1.82) is 0 Å². The van der Waals surface area contributed by atoms with Gasteiger partial charge in [-0.1, -0.05) is 6.07 Å². The van der Waals surface area contributed by atoms with Crippen LogP contribution in [0, 0.1) is 12.8 Å². The van der Waals surface area contributed by atoms with Crippen molar-refractivity contribution in [2.75, 3.05) is 19.0 Å². The highest BCUT2D eigenvalue weighted by Gasteiger charge is 2.40. The molecule has 8 nitrogen and oxygen atoms in total. The Morgan fingerprint density at radius 2 is 2.13 bits per heavy atom. The molecule has 0 spiro atoms. The largest absolute Gasteiger partial charge is 0.495 e. The maximum Gasteiger partial charge on any atom is 0.290 e. The van der Waals surface area contributed by atoms with Crippen LogP contribution in [-0.2, 0) is 13.6 Å². The number of pyridine rings is 2. The second kappa shape index (κ2) is 8.52. The SMILES string of the molecule is COc1ccc([C@H]2C[C@@H]2COc2cc(NCc3ncccc3C)c(=O)n(C)n2)nc1. The van der Waals surface area contributed by atoms with Crippen LogP contribution in [0.1, 0.15) is 29.3 Å². The minimum atomic E-state index is -0.206. The van der Waals surface area contributed by atoms with Crippen LogP contribution in [0.4, 0.5) is 5.69 Å². The van der Waals surface area contributed by atoms with E-state index in [0.717, 1.165) is 29.1 Å². The summed E-state index contributed by atoms with van der Waals surface area (Å²) in [4.78, 5) is 21.2. The van der Waals surface area contributed by atoms with Crippen molar-refractivity contribution >= 4 is 5.69 Å². The fraction of sp³-hybridized carbons (Fsp3) is 0.364. The van der Waals surface area contributed by atoms with Crippen LogP contribution in [0.15, 0.2) is 47.5 Å². The molecule has 4 rings (SSSR count). The van der Waals surface area contributed by atoms with E-state index in [1.807, 2.05) is 31.2 Å². The summed E-state index contributed by atoms with van der Waals surface area (Å²) in [5.74, 6) is 1.94. The minimum absolute atomic E-state index is 0.206. The number of nitrogens with one attached hydrogen (secondary N) is 1. The Morgan fingerprint density at radius 1 is 1.27 bits per heavy atom. The summed E-state index contributed by atoms with van der Waals surface area (Å²) in [5.41, 5.74) is 3.25. The Hall–Kier alpha value is -3.42. The molecule has 0 saturated heterocycles. The molecule has 156 valence electrons. The Labute approximate surface area is 174 Å². The molecular weight excluding hydrogens is 382 g/mol. The second-order valence-corrected chi connectivity index (χ2v) is 7.48. The third-order valence-corrected chi connectivity index (χ3v) is 5.35. The Kier molecular flexibility index (Phi) is 5.65. The quantitative estimate of drug-likeness (QED) is 0.614. The summed E-state index contributed by atoms with van der Waals surface area (Å²) in [6, 6.07) is 9.46. The van der Waals surface area contributed by atoms with E-state index in [-0.39, 0.29) is 5.56 Å². The number of anilines is 1. The number of rotatable bonds is 8. The molecule has 1 fully saturated rings. The topological polar surface area (TPSA) is 91.2 Å². The number of hydrogen-bond donors (Lipinski definition) is 1. The molecule has 3 heterocycles. The molecule has 0 unspecified atom stereocenters. The fourth-order valence-corrected chi connectivity index (χ4v) is 3.38. The lowest BCUT2D eigenvalue weighted by molar-refractivity contribution is 0.278. The van der Waals surface area contributed by atoms with E-state index in [4.69, 9.17) is 9.47 Å². The van der Waals surface area contributed by atoms with Crippen LogP contribution in [0.25, 0.3) is 0 Å². The maximum atomic E-state index is 12.4. The van der Waals surface area contributed by atoms with Crippen molar-refractivity contribution in [3.05, 3.63) is 70.0 Å². The second-order valence-electron chi connectivity index (χ2n) is 7.48. The average Bonchev–Trinajstić information content (AvgIpc) is 3.54. The first kappa shape index (κ1) is 19.9. The van der Waals surface area contributed by atoms with Gasteiger partial charge in [0, 0.05) is 36.8 Å². The highest BCUT2D eigenvalue weighted by molar-refractivity contribution is 5.44. The lowest BCUT2D eigenvalue weighted by atomic mass is 10.2. The van der Waals surface area contributed by atoms with Crippen molar-refractivity contribution < 1.29 is 9.47 Å². The van der Waals surface area contributed by atoms with Crippen LogP contribution >= 0.6 is 0 Å². The van der Waals surface area contributed by atoms with Gasteiger partial charge in [0.05, 0.1) is 32.2 Å². The van der Waals surface area contributed by atoms with Gasteiger partial charge in [-0.25, -0.2) is 4.68 Å². The normalized spacial score (nSPS) is 17.4. The summed E-state index contributed by atoms with van der Waals surface area (Å²) in [7, 11) is 3.25. The zero-order chi connectivity index (χ0) is 21.1. The van der Waals surface area contributed by atoms with Gasteiger partial charge in [-0.15, -0.1) is 5.10 Å². The highest BCUT2D eigenvalue weighted by atomic mass is 16.5. The van der Waals surface area contributed by atoms with Crippen molar-refractivity contribution in [1.82, 2.24) is 19.7 Å². The van der Waals surface area contributed by atoms with Gasteiger partial charge in [0.25, 0.3) is 5.56 Å². The standard InChI is InChI=1S/C22H25N5O3/c1-14-5-4-8-23-20(14)12-25-19-10-21(26-27(2)22(19)28)30-13-15-9-17(15)18-7-6-16(29-3)11-24-18/h4-8,10-11,15,17,25H,9,12-13H2,1-3H3/t15-,17+/m1/s1. The molecule has 0 aromatic carbocycles. The van der Waals surface area contributed by atoms with E-state index in [1.54, 1.807) is 32.6 Å². The zero-order valence-electron chi connectivity index (χ0n) is 17.3. The van der Waals surface area contributed by atoms with Crippen LogP contribution in [0.3, 0.4) is 0 Å². The summed E-state index contributed by atoms with van der Waals surface area (Å²) >= 11 is 0. The fourth-order valence-electron chi connectivity index (χ4n) is 3.38. The molecule has 0 bridgehead atoms. The van der Waals surface area contributed by atoms with E-state index in [2.05, 4.69) is 20.4 Å². The number of aromatic nitrogens is 4. The van der Waals surface area contributed by atoms with Crippen molar-refractivity contribution in [2.24, 2.45) is 13.0 Å². The smallest absolute Gasteiger partial charge is 0.290 e. The Bertz CT molecular complexity index is 1080. The molecule has 2 atom stereocenters. The molecule has 1 aliphatic rings. The van der Waals surface area contributed by atoms with E-state index in [0.29, 0.717) is 36.6 Å². The first-order chi connectivity index (χ1) is 14.5. The van der Waals surface area contributed by atoms with Gasteiger partial charge in [-0.05, 0) is 37.1 Å². The number of ether oxygens (including phenoxy) is 2. The van der Waals surface area contributed by atoms with Crippen LogP contribution in [-0.4, -0.2) is 33.5 Å². The van der Waals surface area contributed by atoms with Crippen molar-refractivity contribution in [3.8, 4) is 11.6 Å². The van der Waals surface area contributed by atoms with Gasteiger partial charge in [-0.2, -0.15) is 0 Å². The average molecular weight is 407 g/mol. The first-order valence-corrected chi connectivity index (χ1v) is 9.90. The minimum Gasteiger partial charge on any atom is -0.495 e. The van der Waals surface area contributed by atoms with E-state index in [9.17, 15) is 4.79 Å². The molecule has 1 saturated carbocycles. The molecule has 3 aromatic rings. The highest BCUT2D eigenvalue weighted by Crippen LogP contribution is 2.46. The third kappa shape index (κ3) is 4.42. The molecule has 8 heteroatoms. The van der Waals surface area contributed by atoms with E-state index >= 15 is 0 Å². The van der Waals surface area contributed by atoms with Crippen LogP contribution < -0.4 is 20.3 Å². The molecule has 3 aromatic heterocycles. The third-order valence-electron chi connectivity index (χ3n) is 5.35. The first-order valence-electron chi connectivity index (χ1n) is 9.90. The summed E-state index contributed by atoms with van der Waals surface area (Å²) in [6.07, 6.45) is 4.50. The monoisotopic (exact) mass is 407 g/mol. The van der Waals surface area contributed by atoms with Crippen molar-refractivity contribution in [2.45, 2.75) is 25.8 Å². The molecular formula is C22H25N5O3. The molecule has 30 heavy (non-hydrogen) atoms. The summed E-state index contributed by atoms with van der Waals surface area (Å²) in [6.45, 7) is 2.98. The predicted octanol–water partition coefficient (Wildman–Crippen LogP) is 2.68. The van der Waals surface area contributed by atoms with Gasteiger partial charge < -0.3 is 14.8 Å². The summed E-state index contributed by atoms with van der Waals surface area (Å²) < 4.78 is 12.3. The molecule has 0 amide bonds. The lowest BCUT2D eigenvalue weighted by Gasteiger charge is -2.11. The maximum absolute atomic E-state index is 12.4. The van der Waals surface area contributed by atoms with Crippen molar-refractivity contribution in [3.63, 3.8) is 0 Å². The zero-order valence-corrected chi connectivity index (χ0v) is 17.3. The Morgan fingerprint density at radius 3 is 2.87 bits per heavy atom. The Balaban J connectivity index is 1.38. The number of aryl methyl sites for hydroxylation is 2. The molecule has 1 aliphatic carbocycles. The molecule has 0 aliphatic heterocycles. The van der Waals surface area contributed by atoms with Gasteiger partial charge >= 0.3 is 0 Å².